The monoisotopic (exact) mass is 283 g/mol. The van der Waals surface area contributed by atoms with E-state index in [0.717, 1.165) is 16.8 Å². The Hall–Kier alpha value is -1.32. The maximum absolute atomic E-state index is 13.4. The van der Waals surface area contributed by atoms with Gasteiger partial charge < -0.3 is 10.0 Å². The first-order chi connectivity index (χ1) is 9.21. The molecule has 0 saturated carbocycles. The third-order valence-electron chi connectivity index (χ3n) is 3.93. The number of phenols is 1. The Balaban J connectivity index is 2.44. The van der Waals surface area contributed by atoms with Crippen molar-refractivity contribution in [2.45, 2.75) is 51.9 Å². The molecule has 2 nitrogen and oxygen atoms in total. The molecule has 1 aromatic rings. The Morgan fingerprint density at radius 2 is 1.60 bits per heavy atom. The fourth-order valence-corrected chi connectivity index (χ4v) is 2.68. The molecule has 2 rings (SSSR count). The van der Waals surface area contributed by atoms with Gasteiger partial charge in [0.1, 0.15) is 5.75 Å². The van der Waals surface area contributed by atoms with Crippen molar-refractivity contribution in [3.8, 4) is 5.75 Å². The summed E-state index contributed by atoms with van der Waals surface area (Å²) in [5, 5.41) is 10.3. The van der Waals surface area contributed by atoms with Gasteiger partial charge >= 0.3 is 0 Å². The number of benzene rings is 1. The van der Waals surface area contributed by atoms with E-state index in [1.54, 1.807) is 4.90 Å². The average Bonchev–Trinajstić information content (AvgIpc) is 2.69. The second-order valence-corrected chi connectivity index (χ2v) is 6.31. The first kappa shape index (κ1) is 15.1. The lowest BCUT2D eigenvalue weighted by Crippen LogP contribution is -2.25. The molecule has 0 amide bonds. The first-order valence-corrected chi connectivity index (χ1v) is 7.21. The summed E-state index contributed by atoms with van der Waals surface area (Å²) in [5.41, 5.74) is 2.47. The number of alkyl halides is 2. The van der Waals surface area contributed by atoms with Gasteiger partial charge in [0.2, 0.25) is 0 Å². The van der Waals surface area contributed by atoms with Crippen molar-refractivity contribution in [3.05, 3.63) is 23.3 Å². The van der Waals surface area contributed by atoms with Crippen LogP contribution in [-0.2, 0) is 0 Å². The summed E-state index contributed by atoms with van der Waals surface area (Å²) < 4.78 is 26.8. The van der Waals surface area contributed by atoms with Crippen LogP contribution in [-0.4, -0.2) is 24.1 Å². The second-order valence-electron chi connectivity index (χ2n) is 6.31. The van der Waals surface area contributed by atoms with Gasteiger partial charge in [0, 0.05) is 18.7 Å². The Bertz CT molecular complexity index is 468. The lowest BCUT2D eigenvalue weighted by molar-refractivity contribution is 0.0257. The predicted octanol–water partition coefficient (Wildman–Crippen LogP) is 4.48. The number of hydrogen-bond acceptors (Lipinski definition) is 2. The van der Waals surface area contributed by atoms with Crippen LogP contribution in [0.2, 0.25) is 0 Å². The van der Waals surface area contributed by atoms with Crippen LogP contribution >= 0.6 is 0 Å². The van der Waals surface area contributed by atoms with Crippen LogP contribution in [0.25, 0.3) is 0 Å². The van der Waals surface area contributed by atoms with E-state index in [9.17, 15) is 13.9 Å². The number of aromatic hydroxyl groups is 1. The molecule has 1 N–H and O–H groups in total. The summed E-state index contributed by atoms with van der Waals surface area (Å²) in [6, 6.07) is 3.71. The normalized spacial score (nSPS) is 18.3. The van der Waals surface area contributed by atoms with Gasteiger partial charge in [-0.3, -0.25) is 0 Å². The molecule has 0 atom stereocenters. The van der Waals surface area contributed by atoms with E-state index in [-0.39, 0.29) is 24.8 Å². The highest BCUT2D eigenvalue weighted by Crippen LogP contribution is 2.39. The summed E-state index contributed by atoms with van der Waals surface area (Å²) in [5.74, 6) is -1.97. The second kappa shape index (κ2) is 5.23. The lowest BCUT2D eigenvalue weighted by atomic mass is 9.93. The zero-order chi connectivity index (χ0) is 15.1. The molecule has 0 unspecified atom stereocenters. The van der Waals surface area contributed by atoms with Gasteiger partial charge in [-0.1, -0.05) is 27.7 Å². The molecule has 112 valence electrons. The minimum absolute atomic E-state index is 0.0953. The van der Waals surface area contributed by atoms with Crippen molar-refractivity contribution in [2.75, 3.05) is 18.0 Å². The van der Waals surface area contributed by atoms with E-state index < -0.39 is 5.92 Å². The molecule has 1 heterocycles. The first-order valence-electron chi connectivity index (χ1n) is 7.21. The Morgan fingerprint density at radius 3 is 1.95 bits per heavy atom. The number of anilines is 1. The molecule has 0 radical (unpaired) electrons. The maximum atomic E-state index is 13.4. The summed E-state index contributed by atoms with van der Waals surface area (Å²) in [6.45, 7) is 8.14. The zero-order valence-corrected chi connectivity index (χ0v) is 12.6. The van der Waals surface area contributed by atoms with E-state index in [0.29, 0.717) is 12.3 Å². The van der Waals surface area contributed by atoms with E-state index in [1.807, 2.05) is 39.8 Å². The molecule has 1 saturated heterocycles. The number of phenolic OH excluding ortho intramolecular Hbond substituents is 1. The van der Waals surface area contributed by atoms with E-state index in [1.165, 1.54) is 0 Å². The van der Waals surface area contributed by atoms with Crippen LogP contribution in [0.1, 0.15) is 57.1 Å². The van der Waals surface area contributed by atoms with Gasteiger partial charge in [-0.25, -0.2) is 8.78 Å². The SMILES string of the molecule is CC(C)c1cc(N2CCC(F)(F)C2)cc(C(C)C)c1O. The Morgan fingerprint density at radius 1 is 1.10 bits per heavy atom. The van der Waals surface area contributed by atoms with Gasteiger partial charge in [-0.15, -0.1) is 0 Å². The fourth-order valence-electron chi connectivity index (χ4n) is 2.68. The molecule has 1 aliphatic heterocycles. The van der Waals surface area contributed by atoms with Crippen LogP contribution in [0.5, 0.6) is 5.75 Å². The highest BCUT2D eigenvalue weighted by Gasteiger charge is 2.38. The predicted molar refractivity (Wildman–Crippen MR) is 78.1 cm³/mol. The highest BCUT2D eigenvalue weighted by atomic mass is 19.3. The molecule has 0 bridgehead atoms. The molecular formula is C16H23F2NO. The van der Waals surface area contributed by atoms with Crippen LogP contribution < -0.4 is 4.90 Å². The van der Waals surface area contributed by atoms with E-state index in [2.05, 4.69) is 0 Å². The largest absolute Gasteiger partial charge is 0.507 e. The summed E-state index contributed by atoms with van der Waals surface area (Å²) in [4.78, 5) is 1.72. The Labute approximate surface area is 119 Å². The molecule has 1 aliphatic rings. The number of nitrogens with zero attached hydrogens (tertiary/aromatic N) is 1. The molecule has 4 heteroatoms. The third kappa shape index (κ3) is 2.89. The average molecular weight is 283 g/mol. The summed E-state index contributed by atoms with van der Waals surface area (Å²) in [7, 11) is 0. The maximum Gasteiger partial charge on any atom is 0.266 e. The van der Waals surface area contributed by atoms with Gasteiger partial charge in [0.25, 0.3) is 5.92 Å². The molecule has 1 aromatic carbocycles. The summed E-state index contributed by atoms with van der Waals surface area (Å²) >= 11 is 0. The van der Waals surface area contributed by atoms with Crippen LogP contribution in [0.3, 0.4) is 0 Å². The van der Waals surface area contributed by atoms with Crippen LogP contribution in [0, 0.1) is 0 Å². The molecule has 20 heavy (non-hydrogen) atoms. The van der Waals surface area contributed by atoms with Crippen molar-refractivity contribution in [2.24, 2.45) is 0 Å². The van der Waals surface area contributed by atoms with Crippen LogP contribution in [0.15, 0.2) is 12.1 Å². The lowest BCUT2D eigenvalue weighted by Gasteiger charge is -2.23. The van der Waals surface area contributed by atoms with E-state index in [4.69, 9.17) is 0 Å². The van der Waals surface area contributed by atoms with Gasteiger partial charge in [0.15, 0.2) is 0 Å². The van der Waals surface area contributed by atoms with Crippen molar-refractivity contribution in [1.82, 2.24) is 0 Å². The number of halogens is 2. The van der Waals surface area contributed by atoms with Gasteiger partial charge in [-0.2, -0.15) is 0 Å². The molecule has 0 aliphatic carbocycles. The fraction of sp³-hybridized carbons (Fsp3) is 0.625. The molecular weight excluding hydrogens is 260 g/mol. The van der Waals surface area contributed by atoms with Gasteiger partial charge in [-0.05, 0) is 35.1 Å². The molecule has 1 fully saturated rings. The van der Waals surface area contributed by atoms with Gasteiger partial charge in [0.05, 0.1) is 6.54 Å². The van der Waals surface area contributed by atoms with Crippen molar-refractivity contribution < 1.29 is 13.9 Å². The third-order valence-corrected chi connectivity index (χ3v) is 3.93. The zero-order valence-electron chi connectivity index (χ0n) is 12.6. The number of rotatable bonds is 3. The standard InChI is InChI=1S/C16H23F2NO/c1-10(2)13-7-12(8-14(11(3)4)15(13)20)19-6-5-16(17,18)9-19/h7-8,10-11,20H,5-6,9H2,1-4H3. The Kier molecular flexibility index (Phi) is 3.94. The smallest absolute Gasteiger partial charge is 0.266 e. The van der Waals surface area contributed by atoms with Crippen molar-refractivity contribution in [1.29, 1.82) is 0 Å². The molecule has 0 aromatic heterocycles. The molecule has 0 spiro atoms. The highest BCUT2D eigenvalue weighted by molar-refractivity contribution is 5.59. The van der Waals surface area contributed by atoms with Crippen molar-refractivity contribution >= 4 is 5.69 Å². The van der Waals surface area contributed by atoms with E-state index >= 15 is 0 Å². The minimum atomic E-state index is -2.60. The quantitative estimate of drug-likeness (QED) is 0.883. The van der Waals surface area contributed by atoms with Crippen LogP contribution in [0.4, 0.5) is 14.5 Å². The number of hydrogen-bond donors (Lipinski definition) is 1. The topological polar surface area (TPSA) is 23.5 Å². The van der Waals surface area contributed by atoms with Crippen molar-refractivity contribution in [3.63, 3.8) is 0 Å². The minimum Gasteiger partial charge on any atom is -0.507 e. The summed E-state index contributed by atoms with van der Waals surface area (Å²) in [6.07, 6.45) is -0.0953.